The van der Waals surface area contributed by atoms with Crippen LogP contribution in [-0.2, 0) is 16.0 Å². The van der Waals surface area contributed by atoms with Gasteiger partial charge >= 0.3 is 5.97 Å². The molecule has 0 radical (unpaired) electrons. The Kier molecular flexibility index (Phi) is 5.75. The maximum Gasteiger partial charge on any atom is 0.338 e. The third-order valence-electron chi connectivity index (χ3n) is 6.31. The standard InChI is InChI=1S/C26H30O3/c1-2-16-26(17-15-19-9-5-3-6-10-19)18-22(27)24(25(28)29-26)23(21-13-14-21)20-11-7-4-8-12-20/h3-12,21,23,27H,2,13-18H2,1H3. The highest BCUT2D eigenvalue weighted by Gasteiger charge is 2.46. The lowest BCUT2D eigenvalue weighted by Gasteiger charge is -2.39. The van der Waals surface area contributed by atoms with Crippen LogP contribution in [0.3, 0.4) is 0 Å². The first kappa shape index (κ1) is 19.8. The third-order valence-corrected chi connectivity index (χ3v) is 6.31. The van der Waals surface area contributed by atoms with Gasteiger partial charge in [-0.05, 0) is 49.1 Å². The van der Waals surface area contributed by atoms with Gasteiger partial charge in [-0.25, -0.2) is 4.79 Å². The number of carbonyl (C=O) groups excluding carboxylic acids is 1. The molecule has 2 atom stereocenters. The van der Waals surface area contributed by atoms with E-state index in [9.17, 15) is 9.90 Å². The number of benzene rings is 2. The van der Waals surface area contributed by atoms with Crippen molar-refractivity contribution in [3.8, 4) is 0 Å². The average Bonchev–Trinajstić information content (AvgIpc) is 3.56. The van der Waals surface area contributed by atoms with Gasteiger partial charge in [0.15, 0.2) is 0 Å². The lowest BCUT2D eigenvalue weighted by molar-refractivity contribution is -0.161. The van der Waals surface area contributed by atoms with E-state index in [2.05, 4.69) is 31.2 Å². The molecule has 1 N–H and O–H groups in total. The van der Waals surface area contributed by atoms with E-state index >= 15 is 0 Å². The van der Waals surface area contributed by atoms with Gasteiger partial charge in [-0.3, -0.25) is 0 Å². The van der Waals surface area contributed by atoms with E-state index in [0.717, 1.165) is 44.1 Å². The summed E-state index contributed by atoms with van der Waals surface area (Å²) in [6, 6.07) is 20.4. The predicted molar refractivity (Wildman–Crippen MR) is 115 cm³/mol. The van der Waals surface area contributed by atoms with Crippen molar-refractivity contribution in [2.24, 2.45) is 5.92 Å². The van der Waals surface area contributed by atoms with Crippen molar-refractivity contribution in [3.63, 3.8) is 0 Å². The first-order chi connectivity index (χ1) is 14.1. The van der Waals surface area contributed by atoms with Crippen molar-refractivity contribution in [3.05, 3.63) is 83.1 Å². The predicted octanol–water partition coefficient (Wildman–Crippen LogP) is 6.11. The van der Waals surface area contributed by atoms with Crippen LogP contribution in [0.4, 0.5) is 0 Å². The molecule has 0 bridgehead atoms. The summed E-state index contributed by atoms with van der Waals surface area (Å²) in [6.07, 6.45) is 5.85. The number of aliphatic hydroxyl groups excluding tert-OH is 1. The molecule has 2 aromatic rings. The molecule has 3 heteroatoms. The van der Waals surface area contributed by atoms with Crippen molar-refractivity contribution < 1.29 is 14.6 Å². The van der Waals surface area contributed by atoms with Crippen LogP contribution < -0.4 is 0 Å². The van der Waals surface area contributed by atoms with Crippen LogP contribution in [0.5, 0.6) is 0 Å². The second-order valence-electron chi connectivity index (χ2n) is 8.57. The van der Waals surface area contributed by atoms with E-state index in [0.29, 0.717) is 17.9 Å². The summed E-state index contributed by atoms with van der Waals surface area (Å²) in [5.41, 5.74) is 2.21. The smallest absolute Gasteiger partial charge is 0.338 e. The summed E-state index contributed by atoms with van der Waals surface area (Å²) in [5.74, 6) is 0.280. The second-order valence-corrected chi connectivity index (χ2v) is 8.57. The van der Waals surface area contributed by atoms with E-state index in [1.807, 2.05) is 36.4 Å². The molecule has 1 heterocycles. The molecule has 1 aliphatic heterocycles. The monoisotopic (exact) mass is 390 g/mol. The molecule has 0 aromatic heterocycles. The van der Waals surface area contributed by atoms with Crippen LogP contribution in [0.15, 0.2) is 72.0 Å². The van der Waals surface area contributed by atoms with E-state index in [4.69, 9.17) is 4.74 Å². The number of rotatable bonds is 8. The maximum absolute atomic E-state index is 13.2. The van der Waals surface area contributed by atoms with E-state index in [1.165, 1.54) is 5.56 Å². The van der Waals surface area contributed by atoms with Crippen LogP contribution in [0.1, 0.15) is 62.5 Å². The highest BCUT2D eigenvalue weighted by Crippen LogP contribution is 2.50. The molecule has 1 aliphatic carbocycles. The van der Waals surface area contributed by atoms with Crippen LogP contribution in [0, 0.1) is 5.92 Å². The topological polar surface area (TPSA) is 46.5 Å². The highest BCUT2D eigenvalue weighted by atomic mass is 16.6. The summed E-state index contributed by atoms with van der Waals surface area (Å²) in [5, 5.41) is 11.1. The fourth-order valence-corrected chi connectivity index (χ4v) is 4.75. The number of hydrogen-bond donors (Lipinski definition) is 1. The first-order valence-electron chi connectivity index (χ1n) is 10.9. The molecule has 4 rings (SSSR count). The zero-order valence-electron chi connectivity index (χ0n) is 17.1. The van der Waals surface area contributed by atoms with Gasteiger partial charge in [0, 0.05) is 12.3 Å². The lowest BCUT2D eigenvalue weighted by atomic mass is 9.79. The Hall–Kier alpha value is -2.55. The quantitative estimate of drug-likeness (QED) is 0.553. The van der Waals surface area contributed by atoms with Crippen molar-refractivity contribution in [1.82, 2.24) is 0 Å². The van der Waals surface area contributed by atoms with Crippen molar-refractivity contribution in [2.75, 3.05) is 0 Å². The zero-order valence-corrected chi connectivity index (χ0v) is 17.1. The Labute approximate surface area is 173 Å². The largest absolute Gasteiger partial charge is 0.512 e. The number of cyclic esters (lactones) is 1. The summed E-state index contributed by atoms with van der Waals surface area (Å²) in [7, 11) is 0. The van der Waals surface area contributed by atoms with Crippen LogP contribution in [-0.4, -0.2) is 16.7 Å². The molecule has 3 nitrogen and oxygen atoms in total. The minimum Gasteiger partial charge on any atom is -0.512 e. The SMILES string of the molecule is CCCC1(CCc2ccccc2)CC(O)=C(C(c2ccccc2)C2CC2)C(=O)O1. The zero-order chi connectivity index (χ0) is 20.3. The van der Waals surface area contributed by atoms with Gasteiger partial charge in [0.2, 0.25) is 0 Å². The molecule has 2 aromatic carbocycles. The Bertz CT molecular complexity index is 867. The van der Waals surface area contributed by atoms with Crippen molar-refractivity contribution >= 4 is 5.97 Å². The van der Waals surface area contributed by atoms with Gasteiger partial charge in [-0.1, -0.05) is 74.0 Å². The van der Waals surface area contributed by atoms with Gasteiger partial charge in [-0.15, -0.1) is 0 Å². The fourth-order valence-electron chi connectivity index (χ4n) is 4.75. The minimum absolute atomic E-state index is 0.0579. The van der Waals surface area contributed by atoms with Crippen molar-refractivity contribution in [1.29, 1.82) is 0 Å². The molecular weight excluding hydrogens is 360 g/mol. The first-order valence-corrected chi connectivity index (χ1v) is 10.9. The Morgan fingerprint density at radius 2 is 1.69 bits per heavy atom. The molecule has 2 aliphatic rings. The summed E-state index contributed by atoms with van der Waals surface area (Å²) in [4.78, 5) is 13.2. The molecule has 2 unspecified atom stereocenters. The number of carbonyl (C=O) groups is 1. The molecule has 0 spiro atoms. The van der Waals surface area contributed by atoms with Gasteiger partial charge in [0.05, 0.1) is 5.57 Å². The second kappa shape index (κ2) is 8.44. The van der Waals surface area contributed by atoms with Gasteiger partial charge < -0.3 is 9.84 Å². The molecule has 152 valence electrons. The summed E-state index contributed by atoms with van der Waals surface area (Å²) >= 11 is 0. The maximum atomic E-state index is 13.2. The molecular formula is C26H30O3. The van der Waals surface area contributed by atoms with Crippen molar-refractivity contribution in [2.45, 2.75) is 63.4 Å². The number of esters is 1. The van der Waals surface area contributed by atoms with Crippen LogP contribution >= 0.6 is 0 Å². The lowest BCUT2D eigenvalue weighted by Crippen LogP contribution is -2.42. The number of hydrogen-bond acceptors (Lipinski definition) is 3. The summed E-state index contributed by atoms with van der Waals surface area (Å²) < 4.78 is 6.14. The van der Waals surface area contributed by atoms with Gasteiger partial charge in [0.1, 0.15) is 11.4 Å². The Balaban J connectivity index is 1.61. The normalized spacial score (nSPS) is 23.0. The van der Waals surface area contributed by atoms with E-state index in [-0.39, 0.29) is 17.6 Å². The minimum atomic E-state index is -0.611. The van der Waals surface area contributed by atoms with E-state index < -0.39 is 5.60 Å². The number of ether oxygens (including phenoxy) is 1. The molecule has 0 saturated heterocycles. The molecule has 0 amide bonds. The molecule has 29 heavy (non-hydrogen) atoms. The fraction of sp³-hybridized carbons (Fsp3) is 0.423. The Morgan fingerprint density at radius 3 is 2.28 bits per heavy atom. The number of aryl methyl sites for hydroxylation is 1. The Morgan fingerprint density at radius 1 is 1.03 bits per heavy atom. The van der Waals surface area contributed by atoms with E-state index in [1.54, 1.807) is 0 Å². The van der Waals surface area contributed by atoms with Gasteiger partial charge in [0.25, 0.3) is 0 Å². The summed E-state index contributed by atoms with van der Waals surface area (Å²) in [6.45, 7) is 2.10. The van der Waals surface area contributed by atoms with Gasteiger partial charge in [-0.2, -0.15) is 0 Å². The molecule has 1 saturated carbocycles. The van der Waals surface area contributed by atoms with Crippen LogP contribution in [0.25, 0.3) is 0 Å². The highest BCUT2D eigenvalue weighted by molar-refractivity contribution is 5.92. The van der Waals surface area contributed by atoms with Crippen LogP contribution in [0.2, 0.25) is 0 Å². The third kappa shape index (κ3) is 4.39. The molecule has 1 fully saturated rings. The number of aliphatic hydroxyl groups is 1. The average molecular weight is 391 g/mol.